The Kier molecular flexibility index (Phi) is 3.45. The average molecular weight is 284 g/mol. The van der Waals surface area contributed by atoms with E-state index in [-0.39, 0.29) is 0 Å². The SMILES string of the molecule is Cc1cccc(OCc2nc(C3CC3)c(C#N)s2)c1C. The van der Waals surface area contributed by atoms with Crippen LogP contribution in [0.4, 0.5) is 0 Å². The first-order chi connectivity index (χ1) is 9.69. The highest BCUT2D eigenvalue weighted by Crippen LogP contribution is 2.42. The van der Waals surface area contributed by atoms with Gasteiger partial charge in [0.15, 0.2) is 0 Å². The molecule has 1 fully saturated rings. The molecule has 3 nitrogen and oxygen atoms in total. The van der Waals surface area contributed by atoms with E-state index >= 15 is 0 Å². The Bertz CT molecular complexity index is 680. The van der Waals surface area contributed by atoms with Gasteiger partial charge in [0.1, 0.15) is 28.3 Å². The summed E-state index contributed by atoms with van der Waals surface area (Å²) in [7, 11) is 0. The molecule has 0 amide bonds. The lowest BCUT2D eigenvalue weighted by molar-refractivity contribution is 0.303. The van der Waals surface area contributed by atoms with Crippen molar-refractivity contribution in [1.29, 1.82) is 5.26 Å². The van der Waals surface area contributed by atoms with Gasteiger partial charge in [0.25, 0.3) is 0 Å². The van der Waals surface area contributed by atoms with Gasteiger partial charge >= 0.3 is 0 Å². The van der Waals surface area contributed by atoms with Crippen LogP contribution in [0.3, 0.4) is 0 Å². The molecule has 1 aliphatic carbocycles. The van der Waals surface area contributed by atoms with Gasteiger partial charge in [-0.25, -0.2) is 4.98 Å². The maximum atomic E-state index is 9.15. The van der Waals surface area contributed by atoms with E-state index in [4.69, 9.17) is 10.00 Å². The quantitative estimate of drug-likeness (QED) is 0.849. The molecule has 0 bridgehead atoms. The zero-order valence-corrected chi connectivity index (χ0v) is 12.5. The second-order valence-corrected chi connectivity index (χ2v) is 6.28. The number of hydrogen-bond donors (Lipinski definition) is 0. The molecule has 1 saturated carbocycles. The fourth-order valence-electron chi connectivity index (χ4n) is 2.17. The van der Waals surface area contributed by atoms with Crippen LogP contribution < -0.4 is 4.74 Å². The Labute approximate surface area is 122 Å². The van der Waals surface area contributed by atoms with Crippen LogP contribution in [-0.4, -0.2) is 4.98 Å². The molecule has 1 heterocycles. The number of aromatic nitrogens is 1. The lowest BCUT2D eigenvalue weighted by Gasteiger charge is -2.09. The molecule has 20 heavy (non-hydrogen) atoms. The molecule has 1 aromatic carbocycles. The second kappa shape index (κ2) is 5.26. The van der Waals surface area contributed by atoms with Crippen LogP contribution in [0.5, 0.6) is 5.75 Å². The highest BCUT2D eigenvalue weighted by Gasteiger charge is 2.29. The van der Waals surface area contributed by atoms with Crippen molar-refractivity contribution < 1.29 is 4.74 Å². The third-order valence-electron chi connectivity index (χ3n) is 3.67. The summed E-state index contributed by atoms with van der Waals surface area (Å²) in [4.78, 5) is 5.34. The summed E-state index contributed by atoms with van der Waals surface area (Å²) >= 11 is 1.46. The summed E-state index contributed by atoms with van der Waals surface area (Å²) in [5.41, 5.74) is 3.36. The normalized spacial score (nSPS) is 14.1. The summed E-state index contributed by atoms with van der Waals surface area (Å²) in [5, 5.41) is 10.0. The minimum atomic E-state index is 0.441. The molecule has 0 unspecified atom stereocenters. The number of ether oxygens (including phenoxy) is 1. The molecule has 0 saturated heterocycles. The smallest absolute Gasteiger partial charge is 0.140 e. The molecule has 0 radical (unpaired) electrons. The zero-order valence-electron chi connectivity index (χ0n) is 11.6. The standard InChI is InChI=1S/C16H16N2OS/c1-10-4-3-5-13(11(10)2)19-9-15-18-16(12-6-7-12)14(8-17)20-15/h3-5,12H,6-7,9H2,1-2H3. The molecule has 1 aromatic heterocycles. The third-order valence-corrected chi connectivity index (χ3v) is 4.62. The summed E-state index contributed by atoms with van der Waals surface area (Å²) in [6.07, 6.45) is 2.32. The van der Waals surface area contributed by atoms with Crippen LogP contribution >= 0.6 is 11.3 Å². The van der Waals surface area contributed by atoms with Gasteiger partial charge in [-0.1, -0.05) is 12.1 Å². The minimum absolute atomic E-state index is 0.441. The van der Waals surface area contributed by atoms with Gasteiger partial charge in [-0.2, -0.15) is 5.26 Å². The Hall–Kier alpha value is -1.86. The van der Waals surface area contributed by atoms with Crippen molar-refractivity contribution in [2.24, 2.45) is 0 Å². The van der Waals surface area contributed by atoms with Crippen molar-refractivity contribution in [2.75, 3.05) is 0 Å². The highest BCUT2D eigenvalue weighted by molar-refractivity contribution is 7.12. The molecule has 0 N–H and O–H groups in total. The molecule has 0 spiro atoms. The summed E-state index contributed by atoms with van der Waals surface area (Å²) < 4.78 is 5.86. The number of nitriles is 1. The Morgan fingerprint density at radius 3 is 2.90 bits per heavy atom. The maximum absolute atomic E-state index is 9.15. The molecule has 2 aromatic rings. The first-order valence-corrected chi connectivity index (χ1v) is 7.59. The van der Waals surface area contributed by atoms with Crippen LogP contribution in [0.1, 0.15) is 45.5 Å². The van der Waals surface area contributed by atoms with Gasteiger partial charge in [-0.15, -0.1) is 11.3 Å². The lowest BCUT2D eigenvalue weighted by atomic mass is 10.1. The van der Waals surface area contributed by atoms with Gasteiger partial charge in [0, 0.05) is 5.92 Å². The van der Waals surface area contributed by atoms with Gasteiger partial charge in [0.2, 0.25) is 0 Å². The van der Waals surface area contributed by atoms with E-state index in [1.165, 1.54) is 16.9 Å². The molecule has 1 aliphatic rings. The van der Waals surface area contributed by atoms with Crippen molar-refractivity contribution >= 4 is 11.3 Å². The largest absolute Gasteiger partial charge is 0.486 e. The van der Waals surface area contributed by atoms with Gasteiger partial charge in [-0.05, 0) is 43.9 Å². The molecule has 0 atom stereocenters. The van der Waals surface area contributed by atoms with E-state index in [9.17, 15) is 0 Å². The predicted molar refractivity (Wildman–Crippen MR) is 79.1 cm³/mol. The van der Waals surface area contributed by atoms with Crippen LogP contribution in [-0.2, 0) is 6.61 Å². The topological polar surface area (TPSA) is 45.9 Å². The van der Waals surface area contributed by atoms with E-state index < -0.39 is 0 Å². The van der Waals surface area contributed by atoms with Gasteiger partial charge in [0.05, 0.1) is 5.69 Å². The fourth-order valence-corrected chi connectivity index (χ4v) is 3.03. The van der Waals surface area contributed by atoms with Crippen LogP contribution in [0.25, 0.3) is 0 Å². The van der Waals surface area contributed by atoms with Gasteiger partial charge < -0.3 is 4.74 Å². The van der Waals surface area contributed by atoms with Gasteiger partial charge in [-0.3, -0.25) is 0 Å². The monoisotopic (exact) mass is 284 g/mol. The summed E-state index contributed by atoms with van der Waals surface area (Å²) in [6, 6.07) is 8.30. The summed E-state index contributed by atoms with van der Waals surface area (Å²) in [6.45, 7) is 4.57. The van der Waals surface area contributed by atoms with Crippen molar-refractivity contribution in [1.82, 2.24) is 4.98 Å². The van der Waals surface area contributed by atoms with Crippen LogP contribution in [0, 0.1) is 25.2 Å². The van der Waals surface area contributed by atoms with Crippen molar-refractivity contribution in [2.45, 2.75) is 39.2 Å². The number of rotatable bonds is 4. The van der Waals surface area contributed by atoms with E-state index in [0.717, 1.165) is 39.7 Å². The van der Waals surface area contributed by atoms with E-state index in [2.05, 4.69) is 31.0 Å². The first kappa shape index (κ1) is 13.1. The van der Waals surface area contributed by atoms with Crippen LogP contribution in [0.2, 0.25) is 0 Å². The summed E-state index contributed by atoms with van der Waals surface area (Å²) in [5.74, 6) is 1.40. The molecular formula is C16H16N2OS. The third kappa shape index (κ3) is 2.54. The minimum Gasteiger partial charge on any atom is -0.486 e. The van der Waals surface area contributed by atoms with Crippen LogP contribution in [0.15, 0.2) is 18.2 Å². The Balaban J connectivity index is 1.75. The second-order valence-electron chi connectivity index (χ2n) is 5.19. The molecule has 3 rings (SSSR count). The maximum Gasteiger partial charge on any atom is 0.140 e. The number of nitrogens with zero attached hydrogens (tertiary/aromatic N) is 2. The number of aryl methyl sites for hydroxylation is 1. The predicted octanol–water partition coefficient (Wildman–Crippen LogP) is 4.09. The first-order valence-electron chi connectivity index (χ1n) is 6.77. The number of hydrogen-bond acceptors (Lipinski definition) is 4. The lowest BCUT2D eigenvalue weighted by Crippen LogP contribution is -1.97. The highest BCUT2D eigenvalue weighted by atomic mass is 32.1. The molecule has 4 heteroatoms. The van der Waals surface area contributed by atoms with E-state index in [0.29, 0.717) is 12.5 Å². The van der Waals surface area contributed by atoms with E-state index in [1.54, 1.807) is 0 Å². The number of benzene rings is 1. The van der Waals surface area contributed by atoms with Crippen molar-refractivity contribution in [3.8, 4) is 11.8 Å². The number of thiazole rings is 1. The molecule has 102 valence electrons. The fraction of sp³-hybridized carbons (Fsp3) is 0.375. The Morgan fingerprint density at radius 1 is 1.40 bits per heavy atom. The van der Waals surface area contributed by atoms with Crippen molar-refractivity contribution in [3.63, 3.8) is 0 Å². The van der Waals surface area contributed by atoms with E-state index in [1.807, 2.05) is 12.1 Å². The average Bonchev–Trinajstić information content (AvgIpc) is 3.21. The Morgan fingerprint density at radius 2 is 2.20 bits per heavy atom. The molecular weight excluding hydrogens is 268 g/mol. The zero-order chi connectivity index (χ0) is 14.1. The van der Waals surface area contributed by atoms with Crippen molar-refractivity contribution in [3.05, 3.63) is 44.9 Å². The molecule has 0 aliphatic heterocycles.